The third-order valence-electron chi connectivity index (χ3n) is 4.04. The van der Waals surface area contributed by atoms with Gasteiger partial charge in [-0.3, -0.25) is 0 Å². The van der Waals surface area contributed by atoms with Gasteiger partial charge in [-0.1, -0.05) is 13.0 Å². The van der Waals surface area contributed by atoms with Crippen molar-refractivity contribution in [1.29, 1.82) is 0 Å². The first-order valence-corrected chi connectivity index (χ1v) is 7.78. The molecule has 1 atom stereocenters. The van der Waals surface area contributed by atoms with Crippen LogP contribution in [0.1, 0.15) is 31.7 Å². The lowest BCUT2D eigenvalue weighted by Gasteiger charge is -2.37. The zero-order chi connectivity index (χ0) is 14.4. The minimum atomic E-state index is 0.641. The summed E-state index contributed by atoms with van der Waals surface area (Å²) in [5.74, 6) is 1.17. The minimum absolute atomic E-state index is 0.641. The fourth-order valence-electron chi connectivity index (χ4n) is 2.82. The molecule has 2 heterocycles. The fourth-order valence-corrected chi connectivity index (χ4v) is 2.82. The smallest absolute Gasteiger partial charge is 0.133 e. The van der Waals surface area contributed by atoms with Gasteiger partial charge in [-0.15, -0.1) is 0 Å². The number of nitrogens with one attached hydrogen (secondary N) is 1. The van der Waals surface area contributed by atoms with Gasteiger partial charge in [-0.05, 0) is 46.0 Å². The molecular formula is C16H28N4. The molecule has 1 saturated heterocycles. The molecule has 2 rings (SSSR count). The number of hydrogen-bond donors (Lipinski definition) is 1. The highest BCUT2D eigenvalue weighted by Crippen LogP contribution is 2.23. The first-order chi connectivity index (χ1) is 9.72. The lowest BCUT2D eigenvalue weighted by atomic mass is 10.0. The summed E-state index contributed by atoms with van der Waals surface area (Å²) in [5, 5.41) is 3.49. The summed E-state index contributed by atoms with van der Waals surface area (Å²) in [4.78, 5) is 9.44. The molecule has 0 saturated carbocycles. The zero-order valence-corrected chi connectivity index (χ0v) is 13.1. The van der Waals surface area contributed by atoms with Crippen molar-refractivity contribution in [3.8, 4) is 0 Å². The third-order valence-corrected chi connectivity index (χ3v) is 4.04. The van der Waals surface area contributed by atoms with Crippen molar-refractivity contribution in [3.63, 3.8) is 0 Å². The maximum Gasteiger partial charge on any atom is 0.133 e. The Labute approximate surface area is 123 Å². The number of hydrogen-bond acceptors (Lipinski definition) is 4. The lowest BCUT2D eigenvalue weighted by molar-refractivity contribution is 0.257. The van der Waals surface area contributed by atoms with Crippen molar-refractivity contribution in [2.75, 3.05) is 38.6 Å². The fraction of sp³-hybridized carbons (Fsp3) is 0.688. The van der Waals surface area contributed by atoms with Gasteiger partial charge >= 0.3 is 0 Å². The summed E-state index contributed by atoms with van der Waals surface area (Å²) >= 11 is 0. The predicted octanol–water partition coefficient (Wildman–Crippen LogP) is 2.11. The van der Waals surface area contributed by atoms with Crippen molar-refractivity contribution >= 4 is 5.82 Å². The molecule has 0 aromatic carbocycles. The highest BCUT2D eigenvalue weighted by molar-refractivity contribution is 5.47. The van der Waals surface area contributed by atoms with Crippen LogP contribution < -0.4 is 10.2 Å². The molecule has 1 aliphatic rings. The standard InChI is InChI=1S/C16H28N4/c1-4-9-17-12-14-7-5-10-18-16(14)20-11-6-8-15(13-20)19(2)3/h5,7,10,15,17H,4,6,8-9,11-13H2,1-3H3. The van der Waals surface area contributed by atoms with Crippen molar-refractivity contribution in [3.05, 3.63) is 23.9 Å². The summed E-state index contributed by atoms with van der Waals surface area (Å²) < 4.78 is 0. The Morgan fingerprint density at radius 3 is 3.05 bits per heavy atom. The number of aromatic nitrogens is 1. The van der Waals surface area contributed by atoms with E-state index in [0.29, 0.717) is 6.04 Å². The van der Waals surface area contributed by atoms with E-state index in [4.69, 9.17) is 0 Å². The quantitative estimate of drug-likeness (QED) is 0.806. The van der Waals surface area contributed by atoms with E-state index in [1.807, 2.05) is 12.3 Å². The van der Waals surface area contributed by atoms with Crippen LogP contribution in [0.5, 0.6) is 0 Å². The molecule has 1 aromatic heterocycles. The molecular weight excluding hydrogens is 248 g/mol. The molecule has 0 spiro atoms. The van der Waals surface area contributed by atoms with E-state index < -0.39 is 0 Å². The Hall–Kier alpha value is -1.13. The van der Waals surface area contributed by atoms with Crippen LogP contribution >= 0.6 is 0 Å². The first kappa shape index (κ1) is 15.3. The van der Waals surface area contributed by atoms with Crippen LogP contribution in [0.25, 0.3) is 0 Å². The van der Waals surface area contributed by atoms with Gasteiger partial charge in [0.2, 0.25) is 0 Å². The summed E-state index contributed by atoms with van der Waals surface area (Å²) in [7, 11) is 4.35. The average Bonchev–Trinajstić information content (AvgIpc) is 2.48. The van der Waals surface area contributed by atoms with Gasteiger partial charge in [-0.2, -0.15) is 0 Å². The van der Waals surface area contributed by atoms with Gasteiger partial charge in [0.1, 0.15) is 5.82 Å². The average molecular weight is 276 g/mol. The molecule has 1 unspecified atom stereocenters. The molecule has 0 radical (unpaired) electrons. The van der Waals surface area contributed by atoms with Crippen molar-refractivity contribution in [2.24, 2.45) is 0 Å². The SMILES string of the molecule is CCCNCc1cccnc1N1CCCC(N(C)C)C1. The third kappa shape index (κ3) is 3.93. The van der Waals surface area contributed by atoms with E-state index in [1.165, 1.54) is 30.6 Å². The summed E-state index contributed by atoms with van der Waals surface area (Å²) in [6.45, 7) is 6.39. The summed E-state index contributed by atoms with van der Waals surface area (Å²) in [6, 6.07) is 4.88. The largest absolute Gasteiger partial charge is 0.355 e. The minimum Gasteiger partial charge on any atom is -0.355 e. The lowest BCUT2D eigenvalue weighted by Crippen LogP contribution is -2.45. The van der Waals surface area contributed by atoms with Gasteiger partial charge in [0.05, 0.1) is 0 Å². The molecule has 4 nitrogen and oxygen atoms in total. The van der Waals surface area contributed by atoms with E-state index in [-0.39, 0.29) is 0 Å². The summed E-state index contributed by atoms with van der Waals surface area (Å²) in [5.41, 5.74) is 1.32. The van der Waals surface area contributed by atoms with Gasteiger partial charge in [0.25, 0.3) is 0 Å². The summed E-state index contributed by atoms with van der Waals surface area (Å²) in [6.07, 6.45) is 5.63. The van der Waals surface area contributed by atoms with Crippen LogP contribution in [0, 0.1) is 0 Å². The van der Waals surface area contributed by atoms with Crippen LogP contribution in [0.15, 0.2) is 18.3 Å². The van der Waals surface area contributed by atoms with E-state index in [9.17, 15) is 0 Å². The second-order valence-corrected chi connectivity index (χ2v) is 5.87. The maximum atomic E-state index is 4.64. The van der Waals surface area contributed by atoms with Crippen LogP contribution in [0.4, 0.5) is 5.82 Å². The molecule has 0 amide bonds. The highest BCUT2D eigenvalue weighted by Gasteiger charge is 2.23. The van der Waals surface area contributed by atoms with Crippen LogP contribution in [-0.4, -0.2) is 49.7 Å². The Kier molecular flexibility index (Phi) is 5.80. The predicted molar refractivity (Wildman–Crippen MR) is 85.2 cm³/mol. The Balaban J connectivity index is 2.06. The van der Waals surface area contributed by atoms with Crippen molar-refractivity contribution in [1.82, 2.24) is 15.2 Å². The molecule has 1 aromatic rings. The van der Waals surface area contributed by atoms with Crippen LogP contribution in [-0.2, 0) is 6.54 Å². The Morgan fingerprint density at radius 2 is 2.30 bits per heavy atom. The van der Waals surface area contributed by atoms with Crippen LogP contribution in [0.2, 0.25) is 0 Å². The molecule has 112 valence electrons. The Morgan fingerprint density at radius 1 is 1.45 bits per heavy atom. The van der Waals surface area contributed by atoms with E-state index >= 15 is 0 Å². The molecule has 1 N–H and O–H groups in total. The first-order valence-electron chi connectivity index (χ1n) is 7.78. The molecule has 1 aliphatic heterocycles. The molecule has 0 aliphatic carbocycles. The van der Waals surface area contributed by atoms with Crippen molar-refractivity contribution in [2.45, 2.75) is 38.8 Å². The van der Waals surface area contributed by atoms with Crippen molar-refractivity contribution < 1.29 is 0 Å². The number of anilines is 1. The monoisotopic (exact) mass is 276 g/mol. The number of rotatable bonds is 6. The Bertz CT molecular complexity index is 405. The van der Waals surface area contributed by atoms with Gasteiger partial charge < -0.3 is 15.1 Å². The van der Waals surface area contributed by atoms with E-state index in [1.54, 1.807) is 0 Å². The van der Waals surface area contributed by atoms with Gasteiger partial charge in [-0.25, -0.2) is 4.98 Å². The molecule has 0 bridgehead atoms. The highest BCUT2D eigenvalue weighted by atomic mass is 15.2. The molecule has 1 fully saturated rings. The van der Waals surface area contributed by atoms with Crippen LogP contribution in [0.3, 0.4) is 0 Å². The molecule has 4 heteroatoms. The normalized spacial score (nSPS) is 19.6. The van der Waals surface area contributed by atoms with E-state index in [2.05, 4.69) is 47.2 Å². The number of likely N-dealkylation sites (N-methyl/N-ethyl adjacent to an activating group) is 1. The number of piperidine rings is 1. The zero-order valence-electron chi connectivity index (χ0n) is 13.1. The van der Waals surface area contributed by atoms with Gasteiger partial charge in [0, 0.05) is 37.4 Å². The maximum absolute atomic E-state index is 4.64. The molecule has 20 heavy (non-hydrogen) atoms. The van der Waals surface area contributed by atoms with E-state index in [0.717, 1.165) is 26.2 Å². The second kappa shape index (κ2) is 7.60. The van der Waals surface area contributed by atoms with Gasteiger partial charge in [0.15, 0.2) is 0 Å². The topological polar surface area (TPSA) is 31.4 Å². The number of nitrogens with zero attached hydrogens (tertiary/aromatic N) is 3. The number of pyridine rings is 1. The second-order valence-electron chi connectivity index (χ2n) is 5.87.